The second-order valence-corrected chi connectivity index (χ2v) is 12.2. The fraction of sp³-hybridized carbons (Fsp3) is 0.581. The van der Waals surface area contributed by atoms with Crippen molar-refractivity contribution in [2.24, 2.45) is 17.8 Å². The molecule has 236 valence electrons. The number of aliphatic hydroxyl groups excluding tert-OH is 1. The Bertz CT molecular complexity index is 1310. The Balaban J connectivity index is 2.06. The van der Waals surface area contributed by atoms with Crippen LogP contribution in [0.25, 0.3) is 10.9 Å². The lowest BCUT2D eigenvalue weighted by Crippen LogP contribution is -2.60. The lowest BCUT2D eigenvalue weighted by molar-refractivity contribution is -0.135. The van der Waals surface area contributed by atoms with Gasteiger partial charge in [0.1, 0.15) is 30.2 Å². The second-order valence-electron chi connectivity index (χ2n) is 12.2. The Kier molecular flexibility index (Phi) is 11.7. The van der Waals surface area contributed by atoms with Crippen molar-refractivity contribution in [3.63, 3.8) is 0 Å². The number of carbonyl (C=O) groups excluding carboxylic acids is 5. The van der Waals surface area contributed by atoms with Gasteiger partial charge in [0.2, 0.25) is 29.5 Å². The average Bonchev–Trinajstić information content (AvgIpc) is 3.37. The van der Waals surface area contributed by atoms with E-state index in [0.29, 0.717) is 6.42 Å². The van der Waals surface area contributed by atoms with Gasteiger partial charge in [0, 0.05) is 23.5 Å². The maximum atomic E-state index is 13.8. The van der Waals surface area contributed by atoms with Crippen LogP contribution in [0.15, 0.2) is 30.5 Å². The van der Waals surface area contributed by atoms with Crippen LogP contribution in [0.3, 0.4) is 0 Å². The summed E-state index contributed by atoms with van der Waals surface area (Å²) in [5.41, 5.74) is 1.61. The number of amides is 5. The molecule has 5 amide bonds. The van der Waals surface area contributed by atoms with Crippen LogP contribution in [0.2, 0.25) is 0 Å². The Labute approximate surface area is 252 Å². The zero-order valence-electron chi connectivity index (χ0n) is 25.8. The molecule has 1 aromatic heterocycles. The topological polar surface area (TPSA) is 182 Å². The maximum absolute atomic E-state index is 13.8. The molecule has 12 heteroatoms. The third-order valence-corrected chi connectivity index (χ3v) is 7.93. The van der Waals surface area contributed by atoms with Gasteiger partial charge in [0.15, 0.2) is 0 Å². The lowest BCUT2D eigenvalue weighted by Gasteiger charge is -2.30. The van der Waals surface area contributed by atoms with Gasteiger partial charge >= 0.3 is 0 Å². The van der Waals surface area contributed by atoms with E-state index in [9.17, 15) is 29.1 Å². The number of nitrogens with one attached hydrogen (secondary N) is 6. The minimum Gasteiger partial charge on any atom is -0.394 e. The van der Waals surface area contributed by atoms with Crippen LogP contribution in [0.5, 0.6) is 0 Å². The predicted octanol–water partition coefficient (Wildman–Crippen LogP) is 0.889. The van der Waals surface area contributed by atoms with Gasteiger partial charge in [-0.3, -0.25) is 24.0 Å². The number of aromatic amines is 1. The summed E-state index contributed by atoms with van der Waals surface area (Å²) in [6, 6.07) is 1.99. The molecule has 2 aromatic rings. The summed E-state index contributed by atoms with van der Waals surface area (Å²) in [5.74, 6) is -3.78. The first-order valence-corrected chi connectivity index (χ1v) is 15.0. The van der Waals surface area contributed by atoms with Gasteiger partial charge in [0.05, 0.1) is 6.61 Å². The van der Waals surface area contributed by atoms with Crippen molar-refractivity contribution in [1.82, 2.24) is 31.6 Å². The molecular weight excluding hydrogens is 552 g/mol. The van der Waals surface area contributed by atoms with Gasteiger partial charge in [-0.1, -0.05) is 66.2 Å². The fourth-order valence-corrected chi connectivity index (χ4v) is 5.17. The van der Waals surface area contributed by atoms with Crippen molar-refractivity contribution in [3.05, 3.63) is 36.0 Å². The molecule has 0 bridgehead atoms. The maximum Gasteiger partial charge on any atom is 0.245 e. The molecule has 1 fully saturated rings. The first-order chi connectivity index (χ1) is 20.4. The van der Waals surface area contributed by atoms with Gasteiger partial charge in [-0.2, -0.15) is 0 Å². The van der Waals surface area contributed by atoms with Crippen LogP contribution >= 0.6 is 0 Å². The van der Waals surface area contributed by atoms with E-state index in [1.165, 1.54) is 0 Å². The number of aliphatic hydroxyl groups is 1. The van der Waals surface area contributed by atoms with Crippen molar-refractivity contribution >= 4 is 40.4 Å². The molecule has 6 atom stereocenters. The van der Waals surface area contributed by atoms with E-state index in [-0.39, 0.29) is 30.6 Å². The summed E-state index contributed by atoms with van der Waals surface area (Å²) in [7, 11) is 0. The molecule has 43 heavy (non-hydrogen) atoms. The SMILES string of the molecule is CC[C@H](C)[C@@H]1NC(=O)[C@H](CC(C)C)NC(=O)[C@H](Cc2c[nH]c3ccccc23)NC(=O)[C@@H](CO)NC(=O)[C@@H](C(C)C)NC1=O. The first kappa shape index (κ1) is 33.6. The van der Waals surface area contributed by atoms with E-state index in [4.69, 9.17) is 0 Å². The molecule has 7 N–H and O–H groups in total. The van der Waals surface area contributed by atoms with E-state index < -0.39 is 66.4 Å². The summed E-state index contributed by atoms with van der Waals surface area (Å²) in [6.07, 6.45) is 2.68. The molecule has 3 rings (SSSR count). The second kappa shape index (κ2) is 15.0. The van der Waals surface area contributed by atoms with Crippen LogP contribution in [-0.2, 0) is 30.4 Å². The number of aromatic nitrogens is 1. The normalized spacial score (nSPS) is 25.3. The highest BCUT2D eigenvalue weighted by atomic mass is 16.3. The third kappa shape index (κ3) is 8.56. The van der Waals surface area contributed by atoms with Gasteiger partial charge in [-0.05, 0) is 35.8 Å². The van der Waals surface area contributed by atoms with E-state index in [0.717, 1.165) is 16.5 Å². The van der Waals surface area contributed by atoms with E-state index in [2.05, 4.69) is 31.6 Å². The Morgan fingerprint density at radius 1 is 0.721 bits per heavy atom. The molecule has 0 aliphatic carbocycles. The minimum absolute atomic E-state index is 0.0154. The molecule has 0 radical (unpaired) electrons. The zero-order chi connectivity index (χ0) is 31.8. The van der Waals surface area contributed by atoms with Crippen LogP contribution < -0.4 is 26.6 Å². The molecule has 1 saturated heterocycles. The average molecular weight is 599 g/mol. The lowest BCUT2D eigenvalue weighted by atomic mass is 9.95. The summed E-state index contributed by atoms with van der Waals surface area (Å²) in [5, 5.41) is 24.5. The number of rotatable bonds is 8. The number of benzene rings is 1. The highest BCUT2D eigenvalue weighted by Gasteiger charge is 2.36. The summed E-state index contributed by atoms with van der Waals surface area (Å²) in [6.45, 7) is 10.3. The largest absolute Gasteiger partial charge is 0.394 e. The number of hydrogen-bond donors (Lipinski definition) is 7. The molecule has 0 spiro atoms. The smallest absolute Gasteiger partial charge is 0.245 e. The van der Waals surface area contributed by atoms with Crippen molar-refractivity contribution < 1.29 is 29.1 Å². The number of hydrogen-bond acceptors (Lipinski definition) is 6. The molecule has 0 saturated carbocycles. The van der Waals surface area contributed by atoms with Gasteiger partial charge in [0.25, 0.3) is 0 Å². The van der Waals surface area contributed by atoms with Gasteiger partial charge in [-0.25, -0.2) is 0 Å². The minimum atomic E-state index is -1.38. The fourth-order valence-electron chi connectivity index (χ4n) is 5.17. The summed E-state index contributed by atoms with van der Waals surface area (Å²) >= 11 is 0. The first-order valence-electron chi connectivity index (χ1n) is 15.0. The number of fused-ring (bicyclic) bond motifs is 1. The summed E-state index contributed by atoms with van der Waals surface area (Å²) in [4.78, 5) is 70.7. The molecular formula is C31H46N6O6. The van der Waals surface area contributed by atoms with Crippen LogP contribution in [0.4, 0.5) is 0 Å². The number of H-pyrrole nitrogens is 1. The van der Waals surface area contributed by atoms with Crippen molar-refractivity contribution in [2.75, 3.05) is 6.61 Å². The molecule has 1 aromatic carbocycles. The number of carbonyl (C=O) groups is 5. The molecule has 1 aliphatic heterocycles. The van der Waals surface area contributed by atoms with Crippen molar-refractivity contribution in [3.8, 4) is 0 Å². The quantitative estimate of drug-likeness (QED) is 0.237. The Morgan fingerprint density at radius 2 is 1.28 bits per heavy atom. The predicted molar refractivity (Wildman–Crippen MR) is 162 cm³/mol. The molecule has 2 heterocycles. The molecule has 1 aliphatic rings. The Hall–Kier alpha value is -3.93. The van der Waals surface area contributed by atoms with Crippen LogP contribution in [0, 0.1) is 17.8 Å². The summed E-state index contributed by atoms with van der Waals surface area (Å²) < 4.78 is 0. The molecule has 0 unspecified atom stereocenters. The van der Waals surface area contributed by atoms with E-state index in [1.807, 2.05) is 52.0 Å². The van der Waals surface area contributed by atoms with E-state index in [1.54, 1.807) is 20.0 Å². The third-order valence-electron chi connectivity index (χ3n) is 7.93. The van der Waals surface area contributed by atoms with Crippen molar-refractivity contribution in [1.29, 1.82) is 0 Å². The van der Waals surface area contributed by atoms with Gasteiger partial charge < -0.3 is 36.7 Å². The number of para-hydroxylation sites is 1. The zero-order valence-corrected chi connectivity index (χ0v) is 25.8. The monoisotopic (exact) mass is 598 g/mol. The Morgan fingerprint density at radius 3 is 1.91 bits per heavy atom. The van der Waals surface area contributed by atoms with Crippen LogP contribution in [0.1, 0.15) is 59.9 Å². The standard InChI is InChI=1S/C31H46N6O6/c1-7-18(6)26-31(43)36-25(17(4)5)30(42)35-24(15-38)29(41)34-23(13-19-14-32-21-11-9-8-10-20(19)21)27(39)33-22(12-16(2)3)28(40)37-26/h8-11,14,16-18,22-26,32,38H,7,12-13,15H2,1-6H3,(H,33,39)(H,34,41)(H,35,42)(H,36,43)(H,37,40)/t18-,22-,23-,24+,25+,26-/m0/s1. The molecule has 12 nitrogen and oxygen atoms in total. The van der Waals surface area contributed by atoms with Gasteiger partial charge in [-0.15, -0.1) is 0 Å². The van der Waals surface area contributed by atoms with E-state index >= 15 is 0 Å². The highest BCUT2D eigenvalue weighted by molar-refractivity contribution is 5.98. The highest BCUT2D eigenvalue weighted by Crippen LogP contribution is 2.20. The van der Waals surface area contributed by atoms with Crippen LogP contribution in [-0.4, -0.2) is 76.4 Å². The van der Waals surface area contributed by atoms with Crippen molar-refractivity contribution in [2.45, 2.75) is 91.0 Å².